The van der Waals surface area contributed by atoms with E-state index in [2.05, 4.69) is 6.92 Å². The van der Waals surface area contributed by atoms with Crippen LogP contribution >= 0.6 is 0 Å². The van der Waals surface area contributed by atoms with Crippen LogP contribution in [0.15, 0.2) is 24.3 Å². The molecule has 0 N–H and O–H groups in total. The Labute approximate surface area is 170 Å². The van der Waals surface area contributed by atoms with Gasteiger partial charge < -0.3 is 9.47 Å². The van der Waals surface area contributed by atoms with Crippen LogP contribution in [0.5, 0.6) is 0 Å². The third-order valence-corrected chi connectivity index (χ3v) is 7.66. The van der Waals surface area contributed by atoms with Gasteiger partial charge in [-0.25, -0.2) is 14.2 Å². The molecule has 5 fully saturated rings. The fraction of sp³-hybridized carbons (Fsp3) is 0.696. The molecule has 1 aliphatic carbocycles. The lowest BCUT2D eigenvalue weighted by Crippen LogP contribution is -2.70. The van der Waals surface area contributed by atoms with Gasteiger partial charge in [-0.1, -0.05) is 19.1 Å². The lowest BCUT2D eigenvalue weighted by atomic mass is 9.57. The van der Waals surface area contributed by atoms with E-state index in [4.69, 9.17) is 19.2 Å². The topological polar surface area (TPSA) is 54.0 Å². The normalized spacial score (nSPS) is 43.4. The standard InChI is InChI=1S/C23H29FO5/c1-14-9-10-19-17(8-4-6-15-5-3-7-16(24)13-15)20(25)26-21-23(19)18(14)11-12-22(2,27-21)28-29-23/h3,5,7,13-14,17-19,21H,4,6,8-12H2,1-2H3/t14-,17-,18?,19+,21-,22-,23-/m1/s1. The Morgan fingerprint density at radius 1 is 1.17 bits per heavy atom. The molecule has 1 aromatic rings. The first kappa shape index (κ1) is 19.5. The first-order chi connectivity index (χ1) is 13.9. The molecule has 4 aliphatic heterocycles. The van der Waals surface area contributed by atoms with Crippen molar-refractivity contribution in [2.24, 2.45) is 23.7 Å². The van der Waals surface area contributed by atoms with Crippen LogP contribution in [0, 0.1) is 29.5 Å². The van der Waals surface area contributed by atoms with Crippen molar-refractivity contribution in [3.8, 4) is 0 Å². The van der Waals surface area contributed by atoms with E-state index in [0.717, 1.165) is 44.1 Å². The summed E-state index contributed by atoms with van der Waals surface area (Å²) in [4.78, 5) is 24.8. The highest BCUT2D eigenvalue weighted by atomic mass is 19.1. The summed E-state index contributed by atoms with van der Waals surface area (Å²) in [5.74, 6) is -0.799. The first-order valence-electron chi connectivity index (χ1n) is 10.9. The molecule has 1 saturated carbocycles. The third-order valence-electron chi connectivity index (χ3n) is 7.66. The second-order valence-electron chi connectivity index (χ2n) is 9.48. The highest BCUT2D eigenvalue weighted by Gasteiger charge is 2.70. The Hall–Kier alpha value is -1.50. The summed E-state index contributed by atoms with van der Waals surface area (Å²) in [5, 5.41) is 0. The predicted octanol–water partition coefficient (Wildman–Crippen LogP) is 4.54. The zero-order valence-corrected chi connectivity index (χ0v) is 17.1. The number of carbonyl (C=O) groups excluding carboxylic acids is 1. The van der Waals surface area contributed by atoms with Crippen LogP contribution in [0.4, 0.5) is 4.39 Å². The minimum atomic E-state index is -0.859. The van der Waals surface area contributed by atoms with Gasteiger partial charge in [-0.3, -0.25) is 4.79 Å². The van der Waals surface area contributed by atoms with Crippen molar-refractivity contribution < 1.29 is 28.4 Å². The lowest BCUT2D eigenvalue weighted by molar-refractivity contribution is -0.559. The Morgan fingerprint density at radius 2 is 2.03 bits per heavy atom. The highest BCUT2D eigenvalue weighted by Crippen LogP contribution is 2.60. The summed E-state index contributed by atoms with van der Waals surface area (Å²) in [6, 6.07) is 6.66. The lowest BCUT2D eigenvalue weighted by Gasteiger charge is -2.58. The number of carbonyl (C=O) groups is 1. The van der Waals surface area contributed by atoms with Gasteiger partial charge in [-0.15, -0.1) is 0 Å². The molecule has 6 heteroatoms. The van der Waals surface area contributed by atoms with E-state index in [1.807, 2.05) is 13.0 Å². The quantitative estimate of drug-likeness (QED) is 0.545. The summed E-state index contributed by atoms with van der Waals surface area (Å²) in [6.07, 6.45) is 5.16. The molecule has 4 saturated heterocycles. The fourth-order valence-corrected chi connectivity index (χ4v) is 6.15. The fourth-order valence-electron chi connectivity index (χ4n) is 6.15. The SMILES string of the molecule is C[C@@H]1CC[C@H]2[C@@H](CCCc3cccc(F)c3)C(=O)O[C@@H]3O[C@@]4(C)CCC1[C@]32OO4. The summed E-state index contributed by atoms with van der Waals surface area (Å²) < 4.78 is 25.5. The summed E-state index contributed by atoms with van der Waals surface area (Å²) in [7, 11) is 0. The van der Waals surface area contributed by atoms with Crippen LogP contribution in [0.1, 0.15) is 57.9 Å². The molecule has 6 rings (SSSR count). The van der Waals surface area contributed by atoms with Crippen molar-refractivity contribution in [3.63, 3.8) is 0 Å². The average Bonchev–Trinajstić information content (AvgIpc) is 2.91. The molecule has 0 radical (unpaired) electrons. The van der Waals surface area contributed by atoms with Gasteiger partial charge in [0.2, 0.25) is 12.1 Å². The Morgan fingerprint density at radius 3 is 2.86 bits per heavy atom. The van der Waals surface area contributed by atoms with Crippen molar-refractivity contribution >= 4 is 5.97 Å². The number of esters is 1. The van der Waals surface area contributed by atoms with Gasteiger partial charge in [0.1, 0.15) is 5.82 Å². The molecular formula is C23H29FO5. The van der Waals surface area contributed by atoms with E-state index >= 15 is 0 Å². The van der Waals surface area contributed by atoms with Crippen molar-refractivity contribution in [1.29, 1.82) is 0 Å². The van der Waals surface area contributed by atoms with Crippen LogP contribution in [-0.4, -0.2) is 23.6 Å². The van der Waals surface area contributed by atoms with Crippen LogP contribution in [-0.2, 0) is 30.5 Å². The minimum Gasteiger partial charge on any atom is -0.432 e. The van der Waals surface area contributed by atoms with E-state index < -0.39 is 17.7 Å². The number of aryl methyl sites for hydroxylation is 1. The van der Waals surface area contributed by atoms with E-state index in [0.29, 0.717) is 12.3 Å². The number of ether oxygens (including phenoxy) is 2. The average molecular weight is 404 g/mol. The van der Waals surface area contributed by atoms with Gasteiger partial charge in [-0.2, -0.15) is 0 Å². The molecule has 5 aliphatic rings. The van der Waals surface area contributed by atoms with Gasteiger partial charge in [0.25, 0.3) is 0 Å². The molecule has 7 atom stereocenters. The predicted molar refractivity (Wildman–Crippen MR) is 102 cm³/mol. The maximum atomic E-state index is 13.5. The van der Waals surface area contributed by atoms with Crippen molar-refractivity contribution in [2.75, 3.05) is 0 Å². The molecule has 4 heterocycles. The van der Waals surface area contributed by atoms with E-state index in [1.54, 1.807) is 12.1 Å². The van der Waals surface area contributed by atoms with Crippen molar-refractivity contribution in [3.05, 3.63) is 35.6 Å². The number of benzene rings is 1. The van der Waals surface area contributed by atoms with Crippen LogP contribution < -0.4 is 0 Å². The highest BCUT2D eigenvalue weighted by molar-refractivity contribution is 5.74. The molecule has 1 aromatic carbocycles. The monoisotopic (exact) mass is 404 g/mol. The van der Waals surface area contributed by atoms with Crippen LogP contribution in [0.25, 0.3) is 0 Å². The minimum absolute atomic E-state index is 0.0186. The van der Waals surface area contributed by atoms with Gasteiger partial charge in [0.05, 0.1) is 5.92 Å². The number of halogens is 1. The first-order valence-corrected chi connectivity index (χ1v) is 10.9. The van der Waals surface area contributed by atoms with Gasteiger partial charge in [0, 0.05) is 18.3 Å². The van der Waals surface area contributed by atoms with Gasteiger partial charge >= 0.3 is 5.97 Å². The van der Waals surface area contributed by atoms with E-state index in [1.165, 1.54) is 6.07 Å². The number of fused-ring (bicyclic) bond motifs is 2. The van der Waals surface area contributed by atoms with E-state index in [-0.39, 0.29) is 29.5 Å². The molecule has 2 bridgehead atoms. The Bertz CT molecular complexity index is 799. The van der Waals surface area contributed by atoms with Gasteiger partial charge in [-0.05, 0) is 69.1 Å². The molecule has 1 spiro atoms. The zero-order chi connectivity index (χ0) is 20.2. The largest absolute Gasteiger partial charge is 0.432 e. The molecule has 0 aromatic heterocycles. The molecule has 158 valence electrons. The smallest absolute Gasteiger partial charge is 0.311 e. The second-order valence-corrected chi connectivity index (χ2v) is 9.48. The molecule has 29 heavy (non-hydrogen) atoms. The summed E-state index contributed by atoms with van der Waals surface area (Å²) >= 11 is 0. The Balaban J connectivity index is 1.38. The Kier molecular flexibility index (Phi) is 4.72. The van der Waals surface area contributed by atoms with Crippen LogP contribution in [0.2, 0.25) is 0 Å². The maximum absolute atomic E-state index is 13.5. The molecule has 5 nitrogen and oxygen atoms in total. The summed E-state index contributed by atoms with van der Waals surface area (Å²) in [6.45, 7) is 4.11. The maximum Gasteiger partial charge on any atom is 0.311 e. The molecule has 0 amide bonds. The number of hydrogen-bond donors (Lipinski definition) is 0. The molecule has 1 unspecified atom stereocenters. The van der Waals surface area contributed by atoms with Gasteiger partial charge in [0.15, 0.2) is 5.60 Å². The van der Waals surface area contributed by atoms with Crippen molar-refractivity contribution in [2.45, 2.75) is 76.5 Å². The summed E-state index contributed by atoms with van der Waals surface area (Å²) in [5.41, 5.74) is 0.233. The zero-order valence-electron chi connectivity index (χ0n) is 17.1. The van der Waals surface area contributed by atoms with Crippen LogP contribution in [0.3, 0.4) is 0 Å². The third kappa shape index (κ3) is 3.11. The number of hydrogen-bond acceptors (Lipinski definition) is 5. The number of rotatable bonds is 4. The molecular weight excluding hydrogens is 375 g/mol. The van der Waals surface area contributed by atoms with Crippen molar-refractivity contribution in [1.82, 2.24) is 0 Å². The van der Waals surface area contributed by atoms with E-state index in [9.17, 15) is 9.18 Å². The second kappa shape index (κ2) is 7.03.